The van der Waals surface area contributed by atoms with E-state index in [0.29, 0.717) is 6.04 Å². The molecule has 0 spiro atoms. The standard InChI is InChI=1S/C18H38N2/c1-6-8-17-9-7-11-18(14-19,12-10-17)20(16(4)5)13-15(2)3/h15-17H,6-14,19H2,1-5H3. The van der Waals surface area contributed by atoms with Crippen molar-refractivity contribution < 1.29 is 0 Å². The van der Waals surface area contributed by atoms with Crippen LogP contribution in [0.5, 0.6) is 0 Å². The Kier molecular flexibility index (Phi) is 7.53. The van der Waals surface area contributed by atoms with E-state index in [2.05, 4.69) is 39.5 Å². The molecule has 0 aromatic heterocycles. The molecule has 0 aliphatic heterocycles. The smallest absolute Gasteiger partial charge is 0.0334 e. The minimum atomic E-state index is 0.265. The molecular formula is C18H38N2. The predicted molar refractivity (Wildman–Crippen MR) is 89.9 cm³/mol. The second kappa shape index (κ2) is 8.38. The molecule has 0 radical (unpaired) electrons. The van der Waals surface area contributed by atoms with Crippen LogP contribution in [-0.2, 0) is 0 Å². The van der Waals surface area contributed by atoms with E-state index < -0.39 is 0 Å². The summed E-state index contributed by atoms with van der Waals surface area (Å²) in [5.41, 5.74) is 6.56. The maximum Gasteiger partial charge on any atom is 0.0334 e. The van der Waals surface area contributed by atoms with Crippen LogP contribution in [0.25, 0.3) is 0 Å². The van der Waals surface area contributed by atoms with Gasteiger partial charge >= 0.3 is 0 Å². The molecule has 1 aliphatic carbocycles. The van der Waals surface area contributed by atoms with Crippen LogP contribution in [0.1, 0.15) is 79.6 Å². The van der Waals surface area contributed by atoms with E-state index in [0.717, 1.165) is 18.4 Å². The van der Waals surface area contributed by atoms with Crippen molar-refractivity contribution in [2.75, 3.05) is 13.1 Å². The van der Waals surface area contributed by atoms with Crippen molar-refractivity contribution >= 4 is 0 Å². The summed E-state index contributed by atoms with van der Waals surface area (Å²) >= 11 is 0. The normalized spacial score (nSPS) is 28.4. The minimum Gasteiger partial charge on any atom is -0.329 e. The summed E-state index contributed by atoms with van der Waals surface area (Å²) in [5, 5.41) is 0. The van der Waals surface area contributed by atoms with Crippen LogP contribution in [0.15, 0.2) is 0 Å². The first-order chi connectivity index (χ1) is 9.45. The minimum absolute atomic E-state index is 0.265. The molecule has 1 saturated carbocycles. The number of hydrogen-bond donors (Lipinski definition) is 1. The zero-order chi connectivity index (χ0) is 15.2. The van der Waals surface area contributed by atoms with E-state index in [-0.39, 0.29) is 5.54 Å². The lowest BCUT2D eigenvalue weighted by molar-refractivity contribution is 0.0359. The summed E-state index contributed by atoms with van der Waals surface area (Å²) in [6.07, 6.45) is 9.51. The number of nitrogens with zero attached hydrogens (tertiary/aromatic N) is 1. The Morgan fingerprint density at radius 2 is 1.85 bits per heavy atom. The fourth-order valence-corrected chi connectivity index (χ4v) is 4.11. The molecule has 1 fully saturated rings. The maximum atomic E-state index is 6.30. The third-order valence-electron chi connectivity index (χ3n) is 5.14. The van der Waals surface area contributed by atoms with Crippen molar-refractivity contribution in [2.24, 2.45) is 17.6 Å². The Morgan fingerprint density at radius 3 is 2.35 bits per heavy atom. The second-order valence-corrected chi connectivity index (χ2v) is 7.65. The van der Waals surface area contributed by atoms with Gasteiger partial charge in [0.05, 0.1) is 0 Å². The molecule has 0 aromatic carbocycles. The van der Waals surface area contributed by atoms with Gasteiger partial charge in [-0.3, -0.25) is 4.90 Å². The summed E-state index contributed by atoms with van der Waals surface area (Å²) in [4.78, 5) is 2.73. The Morgan fingerprint density at radius 1 is 1.15 bits per heavy atom. The molecule has 2 unspecified atom stereocenters. The van der Waals surface area contributed by atoms with Gasteiger partial charge in [0.2, 0.25) is 0 Å². The van der Waals surface area contributed by atoms with Gasteiger partial charge < -0.3 is 5.73 Å². The molecule has 2 nitrogen and oxygen atoms in total. The Bertz CT molecular complexity index is 262. The zero-order valence-corrected chi connectivity index (χ0v) is 14.6. The highest BCUT2D eigenvalue weighted by Crippen LogP contribution is 2.37. The average molecular weight is 283 g/mol. The van der Waals surface area contributed by atoms with Crippen LogP contribution in [0.4, 0.5) is 0 Å². The van der Waals surface area contributed by atoms with E-state index >= 15 is 0 Å². The summed E-state index contributed by atoms with van der Waals surface area (Å²) < 4.78 is 0. The van der Waals surface area contributed by atoms with Crippen LogP contribution in [0.3, 0.4) is 0 Å². The van der Waals surface area contributed by atoms with Gasteiger partial charge in [-0.1, -0.05) is 46.5 Å². The van der Waals surface area contributed by atoms with Crippen molar-refractivity contribution in [1.29, 1.82) is 0 Å². The van der Waals surface area contributed by atoms with Gasteiger partial charge in [0, 0.05) is 24.7 Å². The Labute approximate surface area is 127 Å². The second-order valence-electron chi connectivity index (χ2n) is 7.65. The van der Waals surface area contributed by atoms with Gasteiger partial charge in [-0.05, 0) is 44.9 Å². The van der Waals surface area contributed by atoms with Crippen molar-refractivity contribution in [1.82, 2.24) is 4.90 Å². The fraction of sp³-hybridized carbons (Fsp3) is 1.00. The summed E-state index contributed by atoms with van der Waals surface area (Å²) in [6, 6.07) is 0.601. The molecule has 1 aliphatic rings. The number of nitrogens with two attached hydrogens (primary N) is 1. The summed E-state index contributed by atoms with van der Waals surface area (Å²) in [7, 11) is 0. The van der Waals surface area contributed by atoms with E-state index in [4.69, 9.17) is 5.73 Å². The summed E-state index contributed by atoms with van der Waals surface area (Å²) in [5.74, 6) is 1.66. The van der Waals surface area contributed by atoms with Gasteiger partial charge in [0.1, 0.15) is 0 Å². The van der Waals surface area contributed by atoms with Gasteiger partial charge in [-0.25, -0.2) is 0 Å². The van der Waals surface area contributed by atoms with Crippen molar-refractivity contribution in [2.45, 2.75) is 91.1 Å². The Balaban J connectivity index is 2.82. The number of rotatable bonds is 7. The highest BCUT2D eigenvalue weighted by molar-refractivity contribution is 4.96. The first kappa shape index (κ1) is 18.0. The lowest BCUT2D eigenvalue weighted by Crippen LogP contribution is -2.57. The van der Waals surface area contributed by atoms with Gasteiger partial charge in [-0.15, -0.1) is 0 Å². The maximum absolute atomic E-state index is 6.30. The van der Waals surface area contributed by atoms with Crippen LogP contribution in [-0.4, -0.2) is 29.6 Å². The average Bonchev–Trinajstić information content (AvgIpc) is 2.59. The SMILES string of the molecule is CCCC1CCCC(CN)(N(CC(C)C)C(C)C)CC1. The largest absolute Gasteiger partial charge is 0.329 e. The highest BCUT2D eigenvalue weighted by Gasteiger charge is 2.38. The topological polar surface area (TPSA) is 29.3 Å². The quantitative estimate of drug-likeness (QED) is 0.700. The van der Waals surface area contributed by atoms with Crippen molar-refractivity contribution in [3.05, 3.63) is 0 Å². The van der Waals surface area contributed by atoms with Crippen LogP contribution in [0, 0.1) is 11.8 Å². The van der Waals surface area contributed by atoms with E-state index in [1.165, 1.54) is 51.5 Å². The molecule has 0 saturated heterocycles. The molecule has 120 valence electrons. The Hall–Kier alpha value is -0.0800. The first-order valence-corrected chi connectivity index (χ1v) is 8.92. The molecule has 2 atom stereocenters. The summed E-state index contributed by atoms with van der Waals surface area (Å²) in [6.45, 7) is 13.7. The van der Waals surface area contributed by atoms with Crippen LogP contribution >= 0.6 is 0 Å². The lowest BCUT2D eigenvalue weighted by Gasteiger charge is -2.46. The number of hydrogen-bond acceptors (Lipinski definition) is 2. The lowest BCUT2D eigenvalue weighted by atomic mass is 9.85. The first-order valence-electron chi connectivity index (χ1n) is 8.92. The van der Waals surface area contributed by atoms with Gasteiger partial charge in [0.15, 0.2) is 0 Å². The van der Waals surface area contributed by atoms with E-state index in [1.54, 1.807) is 0 Å². The van der Waals surface area contributed by atoms with Crippen LogP contribution < -0.4 is 5.73 Å². The van der Waals surface area contributed by atoms with Crippen molar-refractivity contribution in [3.63, 3.8) is 0 Å². The molecule has 20 heavy (non-hydrogen) atoms. The molecule has 0 bridgehead atoms. The molecule has 2 N–H and O–H groups in total. The highest BCUT2D eigenvalue weighted by atomic mass is 15.2. The molecule has 0 heterocycles. The molecule has 0 aromatic rings. The molecule has 0 amide bonds. The fourth-order valence-electron chi connectivity index (χ4n) is 4.11. The predicted octanol–water partition coefficient (Wildman–Crippen LogP) is 4.43. The third-order valence-corrected chi connectivity index (χ3v) is 5.14. The van der Waals surface area contributed by atoms with Gasteiger partial charge in [0.25, 0.3) is 0 Å². The third kappa shape index (κ3) is 4.73. The van der Waals surface area contributed by atoms with E-state index in [9.17, 15) is 0 Å². The van der Waals surface area contributed by atoms with Gasteiger partial charge in [-0.2, -0.15) is 0 Å². The zero-order valence-electron chi connectivity index (χ0n) is 14.6. The monoisotopic (exact) mass is 282 g/mol. The van der Waals surface area contributed by atoms with Crippen molar-refractivity contribution in [3.8, 4) is 0 Å². The van der Waals surface area contributed by atoms with Crippen LogP contribution in [0.2, 0.25) is 0 Å². The molecule has 1 rings (SSSR count). The van der Waals surface area contributed by atoms with E-state index in [1.807, 2.05) is 0 Å². The molecular weight excluding hydrogens is 244 g/mol. The molecule has 2 heteroatoms.